The van der Waals surface area contributed by atoms with Crippen molar-refractivity contribution >= 4 is 11.9 Å². The highest BCUT2D eigenvalue weighted by Crippen LogP contribution is 2.47. The van der Waals surface area contributed by atoms with E-state index in [2.05, 4.69) is 5.32 Å². The van der Waals surface area contributed by atoms with Gasteiger partial charge in [-0.2, -0.15) is 13.2 Å². The second-order valence-electron chi connectivity index (χ2n) is 8.25. The van der Waals surface area contributed by atoms with Crippen molar-refractivity contribution in [3.05, 3.63) is 70.8 Å². The topological polar surface area (TPSA) is 69.6 Å². The van der Waals surface area contributed by atoms with E-state index in [1.54, 1.807) is 18.2 Å². The van der Waals surface area contributed by atoms with E-state index in [-0.39, 0.29) is 11.5 Å². The van der Waals surface area contributed by atoms with Crippen LogP contribution in [-0.2, 0) is 23.1 Å². The number of benzene rings is 2. The summed E-state index contributed by atoms with van der Waals surface area (Å²) in [5.41, 5.74) is 0.163. The third kappa shape index (κ3) is 4.44. The van der Waals surface area contributed by atoms with Gasteiger partial charge in [-0.25, -0.2) is 4.79 Å². The molecule has 8 heteroatoms. The second kappa shape index (κ2) is 8.00. The van der Waals surface area contributed by atoms with E-state index in [9.17, 15) is 27.9 Å². The average Bonchev–Trinajstić information content (AvgIpc) is 3.36. The number of rotatable bonds is 6. The Kier molecular flexibility index (Phi) is 5.51. The van der Waals surface area contributed by atoms with Crippen LogP contribution in [0.15, 0.2) is 48.5 Å². The summed E-state index contributed by atoms with van der Waals surface area (Å²) in [4.78, 5) is 26.7. The Hall–Kier alpha value is -2.87. The molecule has 1 unspecified atom stereocenters. The van der Waals surface area contributed by atoms with E-state index < -0.39 is 29.3 Å². The van der Waals surface area contributed by atoms with E-state index in [1.807, 2.05) is 4.90 Å². The summed E-state index contributed by atoms with van der Waals surface area (Å²) in [6, 6.07) is 11.3. The number of carbonyl (C=O) groups excluding carboxylic acids is 1. The second-order valence-corrected chi connectivity index (χ2v) is 8.25. The first-order valence-corrected chi connectivity index (χ1v) is 10.2. The van der Waals surface area contributed by atoms with Gasteiger partial charge in [-0.05, 0) is 61.6 Å². The molecular weight excluding hydrogens is 409 g/mol. The lowest BCUT2D eigenvalue weighted by Crippen LogP contribution is -2.47. The number of carboxylic acids is 1. The molecule has 1 aliphatic heterocycles. The molecule has 164 valence electrons. The van der Waals surface area contributed by atoms with Crippen LogP contribution in [0.3, 0.4) is 0 Å². The quantitative estimate of drug-likeness (QED) is 0.719. The van der Waals surface area contributed by atoms with Crippen molar-refractivity contribution in [3.63, 3.8) is 0 Å². The number of alkyl halides is 3. The van der Waals surface area contributed by atoms with Crippen LogP contribution in [0.4, 0.5) is 13.2 Å². The molecule has 2 aromatic carbocycles. The summed E-state index contributed by atoms with van der Waals surface area (Å²) >= 11 is 0. The molecule has 31 heavy (non-hydrogen) atoms. The molecule has 2 aromatic rings. The van der Waals surface area contributed by atoms with Crippen LogP contribution < -0.4 is 5.32 Å². The monoisotopic (exact) mass is 432 g/mol. The number of halogens is 3. The summed E-state index contributed by atoms with van der Waals surface area (Å²) < 4.78 is 38.3. The van der Waals surface area contributed by atoms with Crippen molar-refractivity contribution < 1.29 is 27.9 Å². The van der Waals surface area contributed by atoms with Gasteiger partial charge < -0.3 is 10.4 Å². The summed E-state index contributed by atoms with van der Waals surface area (Å²) in [5.74, 6) is -1.19. The Morgan fingerprint density at radius 1 is 1.10 bits per heavy atom. The number of carbonyl (C=O) groups is 2. The molecule has 0 spiro atoms. The standard InChI is InChI=1S/C23H23F3N2O3/c24-23(25,26)16-9-7-15(8-10-16)14-28-13-3-6-19(28)20(29)27-22(11-12-22)18-5-2-1-4-17(18)21(30)31/h1-2,4-5,7-10,19H,3,6,11-14H2,(H,27,29)(H,30,31). The lowest BCUT2D eigenvalue weighted by atomic mass is 9.97. The maximum Gasteiger partial charge on any atom is 0.416 e. The Morgan fingerprint density at radius 2 is 1.77 bits per heavy atom. The number of hydrogen-bond acceptors (Lipinski definition) is 3. The minimum atomic E-state index is -4.38. The number of nitrogens with zero attached hydrogens (tertiary/aromatic N) is 1. The maximum atomic E-state index is 13.1. The van der Waals surface area contributed by atoms with Crippen molar-refractivity contribution in [2.45, 2.75) is 50.0 Å². The van der Waals surface area contributed by atoms with Gasteiger partial charge in [0.1, 0.15) is 0 Å². The van der Waals surface area contributed by atoms with Crippen LogP contribution in [-0.4, -0.2) is 34.5 Å². The average molecular weight is 432 g/mol. The van der Waals surface area contributed by atoms with Crippen LogP contribution in [0.2, 0.25) is 0 Å². The number of amides is 1. The molecule has 1 aliphatic carbocycles. The van der Waals surface area contributed by atoms with Gasteiger partial charge in [-0.15, -0.1) is 0 Å². The Bertz CT molecular complexity index is 984. The van der Waals surface area contributed by atoms with Crippen LogP contribution in [0, 0.1) is 0 Å². The summed E-state index contributed by atoms with van der Waals surface area (Å²) in [7, 11) is 0. The van der Waals surface area contributed by atoms with Gasteiger partial charge in [-0.1, -0.05) is 30.3 Å². The molecule has 2 aliphatic rings. The molecule has 2 fully saturated rings. The first kappa shape index (κ1) is 21.4. The maximum absolute atomic E-state index is 13.1. The molecule has 1 saturated heterocycles. The van der Waals surface area contributed by atoms with Crippen LogP contribution in [0.1, 0.15) is 52.7 Å². The highest BCUT2D eigenvalue weighted by molar-refractivity contribution is 5.91. The molecule has 1 atom stereocenters. The van der Waals surface area contributed by atoms with Gasteiger partial charge in [0.25, 0.3) is 0 Å². The molecule has 0 bridgehead atoms. The highest BCUT2D eigenvalue weighted by Gasteiger charge is 2.49. The van der Waals surface area contributed by atoms with Gasteiger partial charge in [-0.3, -0.25) is 9.69 Å². The van der Waals surface area contributed by atoms with Crippen molar-refractivity contribution in [1.82, 2.24) is 10.2 Å². The zero-order chi connectivity index (χ0) is 22.2. The van der Waals surface area contributed by atoms with Gasteiger partial charge >= 0.3 is 12.1 Å². The predicted octanol–water partition coefficient (Wildman–Crippen LogP) is 4.17. The Labute approximate surface area is 177 Å². The fourth-order valence-electron chi connectivity index (χ4n) is 4.34. The smallest absolute Gasteiger partial charge is 0.416 e. The van der Waals surface area contributed by atoms with E-state index >= 15 is 0 Å². The fourth-order valence-corrected chi connectivity index (χ4v) is 4.34. The highest BCUT2D eigenvalue weighted by atomic mass is 19.4. The molecule has 2 N–H and O–H groups in total. The zero-order valence-electron chi connectivity index (χ0n) is 16.8. The first-order chi connectivity index (χ1) is 14.7. The number of carboxylic acid groups (broad SMARTS) is 1. The van der Waals surface area contributed by atoms with E-state index in [1.165, 1.54) is 18.2 Å². The number of likely N-dealkylation sites (tertiary alicyclic amines) is 1. The predicted molar refractivity (Wildman–Crippen MR) is 107 cm³/mol. The molecule has 0 aromatic heterocycles. The van der Waals surface area contributed by atoms with Crippen LogP contribution in [0.5, 0.6) is 0 Å². The minimum Gasteiger partial charge on any atom is -0.478 e. The molecule has 5 nitrogen and oxygen atoms in total. The van der Waals surface area contributed by atoms with Gasteiger partial charge in [0, 0.05) is 6.54 Å². The van der Waals surface area contributed by atoms with Gasteiger partial charge in [0.15, 0.2) is 0 Å². The molecule has 1 saturated carbocycles. The van der Waals surface area contributed by atoms with Gasteiger partial charge in [0.05, 0.1) is 22.7 Å². The van der Waals surface area contributed by atoms with Gasteiger partial charge in [0.2, 0.25) is 5.91 Å². The SMILES string of the molecule is O=C(O)c1ccccc1C1(NC(=O)C2CCCN2Cc2ccc(C(F)(F)F)cc2)CC1. The number of hydrogen-bond donors (Lipinski definition) is 2. The van der Waals surface area contributed by atoms with E-state index in [0.29, 0.717) is 43.5 Å². The lowest BCUT2D eigenvalue weighted by Gasteiger charge is -2.27. The molecule has 4 rings (SSSR count). The summed E-state index contributed by atoms with van der Waals surface area (Å²) in [6.45, 7) is 1.06. The van der Waals surface area contributed by atoms with E-state index in [0.717, 1.165) is 18.6 Å². The van der Waals surface area contributed by atoms with Crippen molar-refractivity contribution in [2.75, 3.05) is 6.54 Å². The molecule has 0 radical (unpaired) electrons. The third-order valence-electron chi connectivity index (χ3n) is 6.12. The van der Waals surface area contributed by atoms with Crippen molar-refractivity contribution in [2.24, 2.45) is 0 Å². The van der Waals surface area contributed by atoms with Crippen molar-refractivity contribution in [3.8, 4) is 0 Å². The van der Waals surface area contributed by atoms with Crippen LogP contribution in [0.25, 0.3) is 0 Å². The molecule has 1 amide bonds. The zero-order valence-corrected chi connectivity index (χ0v) is 16.8. The summed E-state index contributed by atoms with van der Waals surface area (Å²) in [5, 5.41) is 12.6. The minimum absolute atomic E-state index is 0.165. The first-order valence-electron chi connectivity index (χ1n) is 10.2. The molecular formula is C23H23F3N2O3. The Morgan fingerprint density at radius 3 is 2.39 bits per heavy atom. The van der Waals surface area contributed by atoms with Crippen LogP contribution >= 0.6 is 0 Å². The number of aromatic carboxylic acids is 1. The largest absolute Gasteiger partial charge is 0.478 e. The number of nitrogens with one attached hydrogen (secondary N) is 1. The Balaban J connectivity index is 1.46. The van der Waals surface area contributed by atoms with E-state index in [4.69, 9.17) is 0 Å². The lowest BCUT2D eigenvalue weighted by molar-refractivity contribution is -0.137. The fraction of sp³-hybridized carbons (Fsp3) is 0.391. The summed E-state index contributed by atoms with van der Waals surface area (Å²) in [6.07, 6.45) is -1.55. The third-order valence-corrected chi connectivity index (χ3v) is 6.12. The normalized spacial score (nSPS) is 20.4. The molecule has 1 heterocycles. The van der Waals surface area contributed by atoms with Crippen molar-refractivity contribution in [1.29, 1.82) is 0 Å².